The summed E-state index contributed by atoms with van der Waals surface area (Å²) < 4.78 is 12.2. The van der Waals surface area contributed by atoms with Crippen LogP contribution in [-0.2, 0) is 14.3 Å². The highest BCUT2D eigenvalue weighted by atomic mass is 16.7. The molecule has 3 saturated carbocycles. The van der Waals surface area contributed by atoms with E-state index in [-0.39, 0.29) is 11.7 Å². The molecule has 0 bridgehead atoms. The Kier molecular flexibility index (Phi) is 4.55. The van der Waals surface area contributed by atoms with Crippen molar-refractivity contribution in [3.05, 3.63) is 11.6 Å². The van der Waals surface area contributed by atoms with E-state index in [2.05, 4.69) is 19.9 Å². The molecule has 1 heterocycles. The number of carbonyl (C=O) groups is 1. The van der Waals surface area contributed by atoms with Crippen molar-refractivity contribution in [1.29, 1.82) is 0 Å². The molecule has 0 aromatic heterocycles. The molecule has 1 saturated heterocycles. The van der Waals surface area contributed by atoms with Crippen molar-refractivity contribution in [3.8, 4) is 0 Å². The lowest BCUT2D eigenvalue weighted by Crippen LogP contribution is -2.50. The Morgan fingerprint density at radius 3 is 2.67 bits per heavy atom. The van der Waals surface area contributed by atoms with Crippen LogP contribution in [0.1, 0.15) is 84.5 Å². The number of carbonyl (C=O) groups excluding carboxylic acids is 1. The maximum atomic E-state index is 12.6. The molecule has 4 aliphatic carbocycles. The van der Waals surface area contributed by atoms with Gasteiger partial charge in [-0.25, -0.2) is 0 Å². The molecule has 4 fully saturated rings. The summed E-state index contributed by atoms with van der Waals surface area (Å²) in [5, 5.41) is 0. The first-order chi connectivity index (χ1) is 13.0. The molecule has 5 aliphatic rings. The second kappa shape index (κ2) is 6.69. The summed E-state index contributed by atoms with van der Waals surface area (Å²) in [6.07, 6.45) is 15.4. The highest BCUT2D eigenvalue weighted by Gasteiger charge is 2.58. The van der Waals surface area contributed by atoms with Gasteiger partial charge >= 0.3 is 0 Å². The fourth-order valence-electron chi connectivity index (χ4n) is 7.55. The van der Waals surface area contributed by atoms with Gasteiger partial charge in [-0.2, -0.15) is 0 Å². The predicted octanol–water partition coefficient (Wildman–Crippen LogP) is 5.43. The van der Waals surface area contributed by atoms with Gasteiger partial charge in [0.05, 0.1) is 6.10 Å². The topological polar surface area (TPSA) is 35.5 Å². The second-order valence-electron chi connectivity index (χ2n) is 10.5. The zero-order valence-corrected chi connectivity index (χ0v) is 17.2. The van der Waals surface area contributed by atoms with Gasteiger partial charge in [-0.15, -0.1) is 0 Å². The number of ketones is 1. The summed E-state index contributed by atoms with van der Waals surface area (Å²) in [4.78, 5) is 12.6. The number of ether oxygens (including phenoxy) is 2. The van der Waals surface area contributed by atoms with Gasteiger partial charge in [0, 0.05) is 18.4 Å². The molecular formula is C24H36O3. The lowest BCUT2D eigenvalue weighted by molar-refractivity contribution is -0.195. The Bertz CT molecular complexity index is 634. The maximum absolute atomic E-state index is 12.6. The van der Waals surface area contributed by atoms with E-state index < -0.39 is 0 Å². The smallest absolute Gasteiger partial charge is 0.157 e. The summed E-state index contributed by atoms with van der Waals surface area (Å²) >= 11 is 0. The number of rotatable bonds is 2. The zero-order chi connectivity index (χ0) is 18.6. The molecule has 0 aromatic carbocycles. The van der Waals surface area contributed by atoms with E-state index in [1.165, 1.54) is 32.1 Å². The Morgan fingerprint density at radius 1 is 1.04 bits per heavy atom. The van der Waals surface area contributed by atoms with Gasteiger partial charge in [-0.1, -0.05) is 25.5 Å². The lowest BCUT2D eigenvalue weighted by Gasteiger charge is -2.57. The van der Waals surface area contributed by atoms with Crippen LogP contribution in [0.4, 0.5) is 0 Å². The van der Waals surface area contributed by atoms with Crippen molar-refractivity contribution in [2.45, 2.75) is 96.9 Å². The fourth-order valence-corrected chi connectivity index (χ4v) is 7.55. The van der Waals surface area contributed by atoms with E-state index >= 15 is 0 Å². The molecule has 3 nitrogen and oxygen atoms in total. The summed E-state index contributed by atoms with van der Waals surface area (Å²) in [6.45, 7) is 5.67. The van der Waals surface area contributed by atoms with E-state index in [1.54, 1.807) is 5.57 Å². The van der Waals surface area contributed by atoms with Gasteiger partial charge in [0.1, 0.15) is 5.78 Å². The SMILES string of the molecule is C[C@]12CCC(OC3CCCCO3)CC1=CC[C@@H]1[C@H]2CC[C@]2(C)C(=O)CC[C@@H]12. The summed E-state index contributed by atoms with van der Waals surface area (Å²) in [7, 11) is 0. The standard InChI is InChI=1S/C24H36O3/c1-23-12-10-17(27-22-5-3-4-14-26-22)15-16(23)6-7-18-19-8-9-21(25)24(19,2)13-11-20(18)23/h6,17-20,22H,3-5,7-15H2,1-2H3/t17?,18-,19-,20+,22?,23-,24-/m0/s1. The van der Waals surface area contributed by atoms with E-state index in [0.717, 1.165) is 57.0 Å². The zero-order valence-electron chi connectivity index (χ0n) is 17.2. The van der Waals surface area contributed by atoms with Crippen LogP contribution in [0.2, 0.25) is 0 Å². The fraction of sp³-hybridized carbons (Fsp3) is 0.875. The molecule has 0 aromatic rings. The molecule has 1 aliphatic heterocycles. The van der Waals surface area contributed by atoms with Gasteiger partial charge < -0.3 is 9.47 Å². The van der Waals surface area contributed by atoms with E-state index in [9.17, 15) is 4.79 Å². The highest BCUT2D eigenvalue weighted by molar-refractivity contribution is 5.87. The second-order valence-corrected chi connectivity index (χ2v) is 10.5. The van der Waals surface area contributed by atoms with Crippen molar-refractivity contribution in [2.24, 2.45) is 28.6 Å². The third-order valence-electron chi connectivity index (χ3n) is 9.25. The average molecular weight is 373 g/mol. The first-order valence-corrected chi connectivity index (χ1v) is 11.5. The third kappa shape index (κ3) is 2.87. The normalized spacial score (nSPS) is 49.8. The van der Waals surface area contributed by atoms with Crippen LogP contribution in [-0.4, -0.2) is 24.8 Å². The quantitative estimate of drug-likeness (QED) is 0.606. The number of fused-ring (bicyclic) bond motifs is 5. The Balaban J connectivity index is 1.32. The van der Waals surface area contributed by atoms with Crippen LogP contribution in [0, 0.1) is 28.6 Å². The first kappa shape index (κ1) is 18.4. The molecule has 3 heteroatoms. The van der Waals surface area contributed by atoms with Gasteiger partial charge in [-0.05, 0) is 87.4 Å². The number of hydrogen-bond donors (Lipinski definition) is 0. The average Bonchev–Trinajstić information content (AvgIpc) is 2.98. The molecule has 2 unspecified atom stereocenters. The molecule has 5 rings (SSSR count). The summed E-state index contributed by atoms with van der Waals surface area (Å²) in [5.41, 5.74) is 1.98. The minimum Gasteiger partial charge on any atom is -0.353 e. The van der Waals surface area contributed by atoms with Crippen molar-refractivity contribution in [1.82, 2.24) is 0 Å². The van der Waals surface area contributed by atoms with Gasteiger partial charge in [0.25, 0.3) is 0 Å². The van der Waals surface area contributed by atoms with E-state index in [1.807, 2.05) is 0 Å². The van der Waals surface area contributed by atoms with Crippen LogP contribution in [0.3, 0.4) is 0 Å². The van der Waals surface area contributed by atoms with E-state index in [0.29, 0.717) is 23.2 Å². The molecule has 0 N–H and O–H groups in total. The maximum Gasteiger partial charge on any atom is 0.157 e. The molecule has 0 spiro atoms. The van der Waals surface area contributed by atoms with Crippen LogP contribution in [0.25, 0.3) is 0 Å². The minimum atomic E-state index is -0.0124. The van der Waals surface area contributed by atoms with Crippen LogP contribution < -0.4 is 0 Å². The van der Waals surface area contributed by atoms with Crippen LogP contribution >= 0.6 is 0 Å². The molecular weight excluding hydrogens is 336 g/mol. The van der Waals surface area contributed by atoms with Gasteiger partial charge in [-0.3, -0.25) is 4.79 Å². The van der Waals surface area contributed by atoms with Crippen LogP contribution in [0.5, 0.6) is 0 Å². The largest absolute Gasteiger partial charge is 0.353 e. The van der Waals surface area contributed by atoms with Crippen molar-refractivity contribution < 1.29 is 14.3 Å². The van der Waals surface area contributed by atoms with Gasteiger partial charge in [0.2, 0.25) is 0 Å². The molecule has 7 atom stereocenters. The summed E-state index contributed by atoms with van der Waals surface area (Å²) in [6, 6.07) is 0. The molecule has 27 heavy (non-hydrogen) atoms. The first-order valence-electron chi connectivity index (χ1n) is 11.5. The Hall–Kier alpha value is -0.670. The highest BCUT2D eigenvalue weighted by Crippen LogP contribution is 2.64. The number of allylic oxidation sites excluding steroid dienone is 1. The Labute approximate surface area is 164 Å². The predicted molar refractivity (Wildman–Crippen MR) is 105 cm³/mol. The van der Waals surface area contributed by atoms with Gasteiger partial charge in [0.15, 0.2) is 6.29 Å². The Morgan fingerprint density at radius 2 is 1.85 bits per heavy atom. The monoisotopic (exact) mass is 372 g/mol. The van der Waals surface area contributed by atoms with Crippen molar-refractivity contribution >= 4 is 5.78 Å². The summed E-state index contributed by atoms with van der Waals surface area (Å²) in [5.74, 6) is 2.68. The molecule has 150 valence electrons. The van der Waals surface area contributed by atoms with E-state index in [4.69, 9.17) is 9.47 Å². The minimum absolute atomic E-state index is 0.0124. The molecule has 0 radical (unpaired) electrons. The number of hydrogen-bond acceptors (Lipinski definition) is 3. The van der Waals surface area contributed by atoms with Crippen LogP contribution in [0.15, 0.2) is 11.6 Å². The van der Waals surface area contributed by atoms with Crippen molar-refractivity contribution in [3.63, 3.8) is 0 Å². The lowest BCUT2D eigenvalue weighted by atomic mass is 9.48. The third-order valence-corrected chi connectivity index (χ3v) is 9.25. The van der Waals surface area contributed by atoms with Crippen molar-refractivity contribution in [2.75, 3.05) is 6.61 Å². The molecule has 0 amide bonds. The number of Topliss-reactive ketones (excluding diaryl/α,β-unsaturated/α-hetero) is 1.